The van der Waals surface area contributed by atoms with Crippen LogP contribution in [0.25, 0.3) is 0 Å². The van der Waals surface area contributed by atoms with Crippen LogP contribution in [0.3, 0.4) is 0 Å². The molecule has 1 aliphatic heterocycles. The van der Waals surface area contributed by atoms with E-state index in [4.69, 9.17) is 9.47 Å². The van der Waals surface area contributed by atoms with Crippen LogP contribution in [-0.4, -0.2) is 43.5 Å². The van der Waals surface area contributed by atoms with Crippen molar-refractivity contribution in [3.8, 4) is 0 Å². The molecule has 1 fully saturated rings. The number of benzene rings is 2. The molecule has 0 aliphatic carbocycles. The Hall–Kier alpha value is -3.68. The Kier molecular flexibility index (Phi) is 7.82. The molecule has 1 saturated heterocycles. The number of nitrogens with zero attached hydrogens (tertiary/aromatic N) is 1. The van der Waals surface area contributed by atoms with Crippen molar-refractivity contribution in [1.82, 2.24) is 0 Å². The summed E-state index contributed by atoms with van der Waals surface area (Å²) in [5, 5.41) is 2.61. The summed E-state index contributed by atoms with van der Waals surface area (Å²) in [5.41, 5.74) is 3.66. The van der Waals surface area contributed by atoms with Gasteiger partial charge in [-0.25, -0.2) is 4.79 Å². The van der Waals surface area contributed by atoms with Crippen molar-refractivity contribution in [3.63, 3.8) is 0 Å². The summed E-state index contributed by atoms with van der Waals surface area (Å²) < 4.78 is 10.2. The lowest BCUT2D eigenvalue weighted by Gasteiger charge is -2.18. The van der Waals surface area contributed by atoms with Crippen LogP contribution < -0.4 is 10.2 Å². The third-order valence-electron chi connectivity index (χ3n) is 5.16. The molecule has 1 heterocycles. The monoisotopic (exact) mass is 452 g/mol. The van der Waals surface area contributed by atoms with Crippen molar-refractivity contribution in [1.29, 1.82) is 0 Å². The molecule has 1 aliphatic rings. The number of aryl methyl sites for hydroxylation is 2. The smallest absolute Gasteiger partial charge is 0.338 e. The molecular weight excluding hydrogens is 424 g/mol. The van der Waals surface area contributed by atoms with Crippen molar-refractivity contribution in [2.75, 3.05) is 30.0 Å². The number of hydrogen-bond acceptors (Lipinski definition) is 6. The molecular formula is C25H28N2O6. The minimum Gasteiger partial charge on any atom is -0.462 e. The maximum absolute atomic E-state index is 12.4. The largest absolute Gasteiger partial charge is 0.462 e. The van der Waals surface area contributed by atoms with Crippen LogP contribution in [0, 0.1) is 19.8 Å². The first kappa shape index (κ1) is 24.0. The van der Waals surface area contributed by atoms with E-state index in [-0.39, 0.29) is 18.9 Å². The number of carbonyl (C=O) groups is 4. The van der Waals surface area contributed by atoms with Crippen LogP contribution in [0.2, 0.25) is 0 Å². The molecule has 8 nitrogen and oxygen atoms in total. The Morgan fingerprint density at radius 1 is 1.03 bits per heavy atom. The lowest BCUT2D eigenvalue weighted by molar-refractivity contribution is -0.151. The number of ether oxygens (including phenoxy) is 2. The van der Waals surface area contributed by atoms with Gasteiger partial charge in [-0.15, -0.1) is 0 Å². The van der Waals surface area contributed by atoms with Gasteiger partial charge < -0.3 is 19.7 Å². The van der Waals surface area contributed by atoms with E-state index in [2.05, 4.69) is 5.32 Å². The van der Waals surface area contributed by atoms with Gasteiger partial charge in [0.25, 0.3) is 5.91 Å². The summed E-state index contributed by atoms with van der Waals surface area (Å²) in [4.78, 5) is 50.4. The number of carbonyl (C=O) groups excluding carboxylic acids is 4. The second-order valence-electron chi connectivity index (χ2n) is 8.12. The van der Waals surface area contributed by atoms with Gasteiger partial charge in [-0.05, 0) is 67.8 Å². The second kappa shape index (κ2) is 10.8. The van der Waals surface area contributed by atoms with E-state index >= 15 is 0 Å². The fourth-order valence-corrected chi connectivity index (χ4v) is 3.64. The quantitative estimate of drug-likeness (QED) is 0.616. The Morgan fingerprint density at radius 2 is 1.70 bits per heavy atom. The highest BCUT2D eigenvalue weighted by Crippen LogP contribution is 2.27. The predicted octanol–water partition coefficient (Wildman–Crippen LogP) is 3.41. The molecule has 2 aromatic rings. The lowest BCUT2D eigenvalue weighted by atomic mass is 10.1. The fourth-order valence-electron chi connectivity index (χ4n) is 3.64. The first-order valence-electron chi connectivity index (χ1n) is 10.9. The molecule has 2 aromatic carbocycles. The van der Waals surface area contributed by atoms with Gasteiger partial charge in [0, 0.05) is 24.3 Å². The number of esters is 2. The van der Waals surface area contributed by atoms with Crippen LogP contribution in [0.5, 0.6) is 0 Å². The standard InChI is InChI=1S/C25H28N2O6/c1-4-9-32-24(30)18-5-7-20(8-6-18)26-22(28)15-33-25(31)19-13-23(29)27(14-19)21-11-16(2)10-17(3)12-21/h5-8,10-12,19H,4,9,13-15H2,1-3H3,(H,26,28)/t19-/m1/s1. The fraction of sp³-hybridized carbons (Fsp3) is 0.360. The minimum atomic E-state index is -0.625. The highest BCUT2D eigenvalue weighted by atomic mass is 16.5. The van der Waals surface area contributed by atoms with E-state index in [1.165, 1.54) is 0 Å². The number of nitrogens with one attached hydrogen (secondary N) is 1. The molecule has 8 heteroatoms. The zero-order valence-electron chi connectivity index (χ0n) is 19.1. The van der Waals surface area contributed by atoms with Gasteiger partial charge in [0.15, 0.2) is 6.61 Å². The van der Waals surface area contributed by atoms with E-state index in [0.717, 1.165) is 23.2 Å². The molecule has 1 atom stereocenters. The van der Waals surface area contributed by atoms with E-state index in [1.807, 2.05) is 39.0 Å². The van der Waals surface area contributed by atoms with Gasteiger partial charge in [0.05, 0.1) is 18.1 Å². The third-order valence-corrected chi connectivity index (χ3v) is 5.16. The normalized spacial score (nSPS) is 15.3. The van der Waals surface area contributed by atoms with Gasteiger partial charge in [-0.1, -0.05) is 13.0 Å². The summed E-state index contributed by atoms with van der Waals surface area (Å²) in [6.07, 6.45) is 0.778. The molecule has 0 unspecified atom stereocenters. The van der Waals surface area contributed by atoms with Crippen LogP contribution >= 0.6 is 0 Å². The Bertz CT molecular complexity index is 1030. The highest BCUT2D eigenvalue weighted by molar-refractivity contribution is 6.00. The molecule has 3 rings (SSSR count). The molecule has 0 radical (unpaired) electrons. The topological polar surface area (TPSA) is 102 Å². The average molecular weight is 453 g/mol. The van der Waals surface area contributed by atoms with Crippen molar-refractivity contribution < 1.29 is 28.7 Å². The summed E-state index contributed by atoms with van der Waals surface area (Å²) >= 11 is 0. The van der Waals surface area contributed by atoms with Crippen molar-refractivity contribution >= 4 is 35.1 Å². The SMILES string of the molecule is CCCOC(=O)c1ccc(NC(=O)COC(=O)[C@@H]2CC(=O)N(c3cc(C)cc(C)c3)C2)cc1. The van der Waals surface area contributed by atoms with E-state index in [9.17, 15) is 19.2 Å². The molecule has 0 bridgehead atoms. The van der Waals surface area contributed by atoms with Gasteiger partial charge in [0.2, 0.25) is 5.91 Å². The van der Waals surface area contributed by atoms with Gasteiger partial charge in [0.1, 0.15) is 0 Å². The Balaban J connectivity index is 1.49. The summed E-state index contributed by atoms with van der Waals surface area (Å²) in [5.74, 6) is -2.30. The zero-order valence-corrected chi connectivity index (χ0v) is 19.1. The van der Waals surface area contributed by atoms with Gasteiger partial charge in [-0.2, -0.15) is 0 Å². The van der Waals surface area contributed by atoms with Gasteiger partial charge >= 0.3 is 11.9 Å². The molecule has 0 saturated carbocycles. The van der Waals surface area contributed by atoms with Crippen LogP contribution in [0.1, 0.15) is 41.3 Å². The molecule has 2 amide bonds. The minimum absolute atomic E-state index is 0.0447. The van der Waals surface area contributed by atoms with Crippen LogP contribution in [0.15, 0.2) is 42.5 Å². The Labute approximate surface area is 192 Å². The maximum Gasteiger partial charge on any atom is 0.338 e. The van der Waals surface area contributed by atoms with Crippen molar-refractivity contribution in [2.45, 2.75) is 33.6 Å². The molecule has 1 N–H and O–H groups in total. The first-order chi connectivity index (χ1) is 15.8. The number of amides is 2. The highest BCUT2D eigenvalue weighted by Gasteiger charge is 2.36. The van der Waals surface area contributed by atoms with E-state index in [1.54, 1.807) is 29.2 Å². The molecule has 33 heavy (non-hydrogen) atoms. The summed E-state index contributed by atoms with van der Waals surface area (Å²) in [6.45, 7) is 5.91. The maximum atomic E-state index is 12.4. The average Bonchev–Trinajstić information content (AvgIpc) is 3.17. The number of anilines is 2. The summed E-state index contributed by atoms with van der Waals surface area (Å²) in [7, 11) is 0. The van der Waals surface area contributed by atoms with Crippen molar-refractivity contribution in [3.05, 3.63) is 59.2 Å². The van der Waals surface area contributed by atoms with Crippen LogP contribution in [0.4, 0.5) is 11.4 Å². The van der Waals surface area contributed by atoms with Gasteiger partial charge in [-0.3, -0.25) is 14.4 Å². The second-order valence-corrected chi connectivity index (χ2v) is 8.12. The molecule has 0 aromatic heterocycles. The number of rotatable bonds is 8. The third kappa shape index (κ3) is 6.41. The van der Waals surface area contributed by atoms with E-state index < -0.39 is 30.4 Å². The molecule has 174 valence electrons. The number of hydrogen-bond donors (Lipinski definition) is 1. The lowest BCUT2D eigenvalue weighted by Crippen LogP contribution is -2.28. The Morgan fingerprint density at radius 3 is 2.33 bits per heavy atom. The van der Waals surface area contributed by atoms with E-state index in [0.29, 0.717) is 17.9 Å². The predicted molar refractivity (Wildman–Crippen MR) is 123 cm³/mol. The molecule has 0 spiro atoms. The van der Waals surface area contributed by atoms with Crippen LogP contribution in [-0.2, 0) is 23.9 Å². The zero-order chi connectivity index (χ0) is 24.0. The first-order valence-corrected chi connectivity index (χ1v) is 10.9. The van der Waals surface area contributed by atoms with Crippen molar-refractivity contribution in [2.24, 2.45) is 5.92 Å². The summed E-state index contributed by atoms with van der Waals surface area (Å²) in [6, 6.07) is 12.1.